The van der Waals surface area contributed by atoms with Crippen LogP contribution in [0.1, 0.15) is 37.8 Å². The maximum Gasteiger partial charge on any atom is 0.266 e. The molecule has 3 rings (SSSR count). The number of carbonyl (C=O) groups excluding carboxylic acids is 3. The van der Waals surface area contributed by atoms with Crippen molar-refractivity contribution < 1.29 is 19.6 Å². The first-order valence-electron chi connectivity index (χ1n) is 9.35. The van der Waals surface area contributed by atoms with E-state index >= 15 is 0 Å². The number of hydroxylamine groups is 1. The average Bonchev–Trinajstić information content (AvgIpc) is 3.24. The topological polar surface area (TPSA) is 89.9 Å². The first-order valence-corrected chi connectivity index (χ1v) is 9.35. The second-order valence-electron chi connectivity index (χ2n) is 7.88. The summed E-state index contributed by atoms with van der Waals surface area (Å²) in [5, 5.41) is 9.25. The number of hydrogen-bond donors (Lipinski definition) is 2. The third-order valence-corrected chi connectivity index (χ3v) is 6.11. The van der Waals surface area contributed by atoms with Crippen LogP contribution in [0.15, 0.2) is 24.3 Å². The van der Waals surface area contributed by atoms with Crippen molar-refractivity contribution in [1.82, 2.24) is 15.3 Å². The fourth-order valence-corrected chi connectivity index (χ4v) is 4.33. The summed E-state index contributed by atoms with van der Waals surface area (Å²) >= 11 is 0. The molecule has 0 radical (unpaired) electrons. The molecule has 2 aliphatic rings. The molecule has 2 heterocycles. The molecule has 0 saturated carbocycles. The van der Waals surface area contributed by atoms with Crippen LogP contribution in [0.4, 0.5) is 0 Å². The zero-order valence-electron chi connectivity index (χ0n) is 16.1. The van der Waals surface area contributed by atoms with E-state index in [1.54, 1.807) is 15.3 Å². The summed E-state index contributed by atoms with van der Waals surface area (Å²) in [4.78, 5) is 40.7. The number of hydrogen-bond acceptors (Lipinski definition) is 4. The van der Waals surface area contributed by atoms with Crippen LogP contribution < -0.4 is 5.48 Å². The van der Waals surface area contributed by atoms with Crippen LogP contribution in [0.5, 0.6) is 0 Å². The maximum absolute atomic E-state index is 13.3. The predicted octanol–water partition coefficient (Wildman–Crippen LogP) is 1.23. The van der Waals surface area contributed by atoms with Crippen LogP contribution >= 0.6 is 0 Å². The summed E-state index contributed by atoms with van der Waals surface area (Å²) in [6.45, 7) is 6.82. The van der Waals surface area contributed by atoms with Crippen LogP contribution in [0.25, 0.3) is 0 Å². The molecule has 2 aliphatic heterocycles. The van der Waals surface area contributed by atoms with Crippen LogP contribution in [0.2, 0.25) is 0 Å². The molecule has 0 aromatic heterocycles. The van der Waals surface area contributed by atoms with E-state index < -0.39 is 17.4 Å². The Morgan fingerprint density at radius 2 is 1.93 bits per heavy atom. The Morgan fingerprint density at radius 3 is 2.48 bits per heavy atom. The maximum atomic E-state index is 13.3. The Hall–Kier alpha value is -2.41. The highest BCUT2D eigenvalue weighted by atomic mass is 16.5. The number of amides is 3. The second kappa shape index (κ2) is 7.31. The third-order valence-electron chi connectivity index (χ3n) is 6.11. The van der Waals surface area contributed by atoms with Crippen molar-refractivity contribution in [3.63, 3.8) is 0 Å². The standard InChI is InChI=1S/C20H27N3O4/c1-13-4-6-16(7-5-13)20(3)9-11-23(19(20)26)17(18(25)21-27)15-8-10-22(12-15)14(2)24/h4-7,15,17,27H,8-12H2,1-3H3,(H,21,25)/t15?,17-,20?/m1/s1. The number of rotatable bonds is 4. The number of benzene rings is 1. The Balaban J connectivity index is 1.86. The first-order chi connectivity index (χ1) is 12.8. The molecule has 1 aromatic carbocycles. The fraction of sp³-hybridized carbons (Fsp3) is 0.550. The van der Waals surface area contributed by atoms with Crippen molar-refractivity contribution in [1.29, 1.82) is 0 Å². The number of nitrogens with zero attached hydrogens (tertiary/aromatic N) is 2. The summed E-state index contributed by atoms with van der Waals surface area (Å²) in [5.74, 6) is -0.934. The van der Waals surface area contributed by atoms with Gasteiger partial charge in [-0.1, -0.05) is 29.8 Å². The normalized spacial score (nSPS) is 26.4. The van der Waals surface area contributed by atoms with Crippen molar-refractivity contribution in [3.05, 3.63) is 35.4 Å². The van der Waals surface area contributed by atoms with Gasteiger partial charge in [-0.25, -0.2) is 5.48 Å². The molecule has 0 spiro atoms. The van der Waals surface area contributed by atoms with Gasteiger partial charge < -0.3 is 9.80 Å². The molecule has 2 N–H and O–H groups in total. The highest BCUT2D eigenvalue weighted by Gasteiger charge is 2.50. The summed E-state index contributed by atoms with van der Waals surface area (Å²) in [5.41, 5.74) is 3.08. The van der Waals surface area contributed by atoms with Gasteiger partial charge in [-0.05, 0) is 32.3 Å². The Labute approximate surface area is 159 Å². The SMILES string of the molecule is CC(=O)N1CCC([C@H](C(=O)NO)N2CCC(C)(c3ccc(C)cc3)C2=O)C1. The van der Waals surface area contributed by atoms with E-state index in [4.69, 9.17) is 0 Å². The van der Waals surface area contributed by atoms with Gasteiger partial charge in [0.2, 0.25) is 11.8 Å². The molecule has 1 aromatic rings. The Bertz CT molecular complexity index is 748. The predicted molar refractivity (Wildman–Crippen MR) is 98.9 cm³/mol. The van der Waals surface area contributed by atoms with Crippen LogP contribution in [-0.2, 0) is 19.8 Å². The van der Waals surface area contributed by atoms with Crippen molar-refractivity contribution in [3.8, 4) is 0 Å². The molecule has 3 amide bonds. The van der Waals surface area contributed by atoms with Crippen molar-refractivity contribution >= 4 is 17.7 Å². The lowest BCUT2D eigenvalue weighted by Crippen LogP contribution is -2.53. The molecule has 3 atom stereocenters. The minimum atomic E-state index is -0.779. The second-order valence-corrected chi connectivity index (χ2v) is 7.88. The molecule has 7 heteroatoms. The van der Waals surface area contributed by atoms with Gasteiger partial charge in [0.1, 0.15) is 6.04 Å². The fourth-order valence-electron chi connectivity index (χ4n) is 4.33. The summed E-state index contributed by atoms with van der Waals surface area (Å²) in [7, 11) is 0. The quantitative estimate of drug-likeness (QED) is 0.614. The van der Waals surface area contributed by atoms with Gasteiger partial charge in [0.05, 0.1) is 5.41 Å². The lowest BCUT2D eigenvalue weighted by Gasteiger charge is -2.32. The smallest absolute Gasteiger partial charge is 0.266 e. The summed E-state index contributed by atoms with van der Waals surface area (Å²) in [6, 6.07) is 7.11. The molecule has 2 unspecified atom stereocenters. The van der Waals surface area contributed by atoms with Crippen LogP contribution in [0, 0.1) is 12.8 Å². The average molecular weight is 373 g/mol. The molecule has 0 aliphatic carbocycles. The molecule has 27 heavy (non-hydrogen) atoms. The Kier molecular flexibility index (Phi) is 5.24. The molecule has 146 valence electrons. The van der Waals surface area contributed by atoms with E-state index in [1.807, 2.05) is 38.1 Å². The van der Waals surface area contributed by atoms with E-state index in [0.717, 1.165) is 11.1 Å². The first kappa shape index (κ1) is 19.4. The summed E-state index contributed by atoms with van der Waals surface area (Å²) < 4.78 is 0. The zero-order valence-corrected chi connectivity index (χ0v) is 16.1. The zero-order chi connectivity index (χ0) is 19.8. The van der Waals surface area contributed by atoms with Gasteiger partial charge in [-0.3, -0.25) is 19.6 Å². The summed E-state index contributed by atoms with van der Waals surface area (Å²) in [6.07, 6.45) is 1.23. The van der Waals surface area contributed by atoms with E-state index in [1.165, 1.54) is 6.92 Å². The van der Waals surface area contributed by atoms with Crippen molar-refractivity contribution in [2.75, 3.05) is 19.6 Å². The van der Waals surface area contributed by atoms with Crippen LogP contribution in [0.3, 0.4) is 0 Å². The Morgan fingerprint density at radius 1 is 1.26 bits per heavy atom. The van der Waals surface area contributed by atoms with Gasteiger partial charge >= 0.3 is 0 Å². The number of likely N-dealkylation sites (tertiary alicyclic amines) is 2. The minimum absolute atomic E-state index is 0.0436. The van der Waals surface area contributed by atoms with E-state index in [2.05, 4.69) is 0 Å². The van der Waals surface area contributed by atoms with Crippen molar-refractivity contribution in [2.45, 2.75) is 45.1 Å². The van der Waals surface area contributed by atoms with Crippen LogP contribution in [-0.4, -0.2) is 58.4 Å². The van der Waals surface area contributed by atoms with Gasteiger partial charge in [0, 0.05) is 32.5 Å². The molecule has 0 bridgehead atoms. The van der Waals surface area contributed by atoms with Gasteiger partial charge in [-0.15, -0.1) is 0 Å². The number of aryl methyl sites for hydroxylation is 1. The largest absolute Gasteiger partial charge is 0.343 e. The van der Waals surface area contributed by atoms with E-state index in [0.29, 0.717) is 32.5 Å². The number of nitrogens with one attached hydrogen (secondary N) is 1. The lowest BCUT2D eigenvalue weighted by molar-refractivity contribution is -0.146. The molecule has 2 saturated heterocycles. The van der Waals surface area contributed by atoms with Gasteiger partial charge in [-0.2, -0.15) is 0 Å². The van der Waals surface area contributed by atoms with E-state index in [-0.39, 0.29) is 17.7 Å². The van der Waals surface area contributed by atoms with Gasteiger partial charge in [0.15, 0.2) is 0 Å². The highest BCUT2D eigenvalue weighted by molar-refractivity contribution is 5.94. The molecule has 2 fully saturated rings. The van der Waals surface area contributed by atoms with E-state index in [9.17, 15) is 19.6 Å². The lowest BCUT2D eigenvalue weighted by atomic mass is 9.80. The third kappa shape index (κ3) is 3.43. The number of carbonyl (C=O) groups is 3. The molecular weight excluding hydrogens is 346 g/mol. The monoisotopic (exact) mass is 373 g/mol. The van der Waals surface area contributed by atoms with Gasteiger partial charge in [0.25, 0.3) is 5.91 Å². The highest BCUT2D eigenvalue weighted by Crippen LogP contribution is 2.38. The van der Waals surface area contributed by atoms with Crippen molar-refractivity contribution in [2.24, 2.45) is 5.92 Å². The molecule has 7 nitrogen and oxygen atoms in total. The minimum Gasteiger partial charge on any atom is -0.343 e. The molecular formula is C20H27N3O4.